The molecule has 4 aromatic carbocycles. The third-order valence-corrected chi connectivity index (χ3v) is 8.41. The van der Waals surface area contributed by atoms with Crippen molar-refractivity contribution in [2.24, 2.45) is 7.05 Å². The number of nitrogens with zero attached hydrogens (tertiary/aromatic N) is 2. The lowest BCUT2D eigenvalue weighted by Gasteiger charge is -2.19. The van der Waals surface area contributed by atoms with E-state index in [0.29, 0.717) is 5.92 Å². The molecule has 0 bridgehead atoms. The molecule has 2 aromatic heterocycles. The van der Waals surface area contributed by atoms with Crippen molar-refractivity contribution in [1.82, 2.24) is 9.13 Å². The SMILES string of the molecule is Cc1ccc2c(c1)c1c(n2CC2c3ccccc3-c3c2c2ccccc2n3C)-c2ccccc2C1. The van der Waals surface area contributed by atoms with Crippen molar-refractivity contribution >= 4 is 21.8 Å². The van der Waals surface area contributed by atoms with Crippen LogP contribution in [0.3, 0.4) is 0 Å². The van der Waals surface area contributed by atoms with Crippen LogP contribution >= 0.6 is 0 Å². The highest BCUT2D eigenvalue weighted by Crippen LogP contribution is 2.51. The summed E-state index contributed by atoms with van der Waals surface area (Å²) < 4.78 is 5.04. The lowest BCUT2D eigenvalue weighted by atomic mass is 9.95. The summed E-state index contributed by atoms with van der Waals surface area (Å²) in [5, 5.41) is 2.80. The highest BCUT2D eigenvalue weighted by atomic mass is 15.0. The Bertz CT molecular complexity index is 1830. The van der Waals surface area contributed by atoms with Crippen molar-refractivity contribution in [3.63, 3.8) is 0 Å². The maximum Gasteiger partial charge on any atom is 0.0531 e. The number of benzene rings is 4. The van der Waals surface area contributed by atoms with E-state index < -0.39 is 0 Å². The summed E-state index contributed by atoms with van der Waals surface area (Å²) in [7, 11) is 2.22. The van der Waals surface area contributed by atoms with Crippen LogP contribution in [0, 0.1) is 6.92 Å². The summed E-state index contributed by atoms with van der Waals surface area (Å²) in [6.07, 6.45) is 1.03. The van der Waals surface area contributed by atoms with Gasteiger partial charge in [-0.05, 0) is 47.4 Å². The highest BCUT2D eigenvalue weighted by molar-refractivity contribution is 5.98. The van der Waals surface area contributed by atoms with Crippen molar-refractivity contribution < 1.29 is 0 Å². The van der Waals surface area contributed by atoms with Gasteiger partial charge >= 0.3 is 0 Å². The van der Waals surface area contributed by atoms with Crippen LogP contribution < -0.4 is 0 Å². The number of aromatic nitrogens is 2. The van der Waals surface area contributed by atoms with Gasteiger partial charge in [-0.2, -0.15) is 0 Å². The lowest BCUT2D eigenvalue weighted by molar-refractivity contribution is 0.661. The minimum Gasteiger partial charge on any atom is -0.343 e. The minimum absolute atomic E-state index is 0.320. The molecule has 0 spiro atoms. The second kappa shape index (κ2) is 6.76. The fourth-order valence-electron chi connectivity index (χ4n) is 6.96. The predicted octanol–water partition coefficient (Wildman–Crippen LogP) is 7.83. The van der Waals surface area contributed by atoms with Crippen LogP contribution in [-0.4, -0.2) is 9.13 Å². The topological polar surface area (TPSA) is 9.86 Å². The average molecular weight is 451 g/mol. The molecule has 2 nitrogen and oxygen atoms in total. The van der Waals surface area contributed by atoms with E-state index >= 15 is 0 Å². The molecule has 1 atom stereocenters. The standard InChI is InChI=1S/C33H26N2/c1-20-15-16-30-26(17-20)27-18-21-9-3-4-10-22(21)32(27)35(30)19-28-23-11-5-6-12-24(23)33-31(28)25-13-7-8-14-29(25)34(33)2/h3-17,28H,18-19H2,1-2H3. The zero-order valence-corrected chi connectivity index (χ0v) is 20.0. The van der Waals surface area contributed by atoms with Gasteiger partial charge in [-0.1, -0.05) is 78.4 Å². The molecule has 0 saturated carbocycles. The molecular formula is C33H26N2. The van der Waals surface area contributed by atoms with Gasteiger partial charge in [0.2, 0.25) is 0 Å². The van der Waals surface area contributed by atoms with Crippen molar-refractivity contribution in [2.75, 3.05) is 0 Å². The van der Waals surface area contributed by atoms with Crippen LogP contribution in [0.25, 0.3) is 44.3 Å². The molecule has 0 fully saturated rings. The molecule has 8 rings (SSSR count). The Morgan fingerprint density at radius 1 is 0.743 bits per heavy atom. The van der Waals surface area contributed by atoms with Crippen LogP contribution in [0.4, 0.5) is 0 Å². The molecule has 2 heteroatoms. The van der Waals surface area contributed by atoms with Crippen molar-refractivity contribution in [1.29, 1.82) is 0 Å². The second-order valence-electron chi connectivity index (χ2n) is 10.3. The molecule has 2 heterocycles. The van der Waals surface area contributed by atoms with Gasteiger partial charge in [0.15, 0.2) is 0 Å². The number of rotatable bonds is 2. The van der Waals surface area contributed by atoms with Gasteiger partial charge in [-0.3, -0.25) is 0 Å². The van der Waals surface area contributed by atoms with E-state index in [1.54, 1.807) is 0 Å². The quantitative estimate of drug-likeness (QED) is 0.254. The molecule has 0 N–H and O–H groups in total. The fraction of sp³-hybridized carbons (Fsp3) is 0.152. The third-order valence-electron chi connectivity index (χ3n) is 8.41. The highest BCUT2D eigenvalue weighted by Gasteiger charge is 2.35. The molecule has 2 aliphatic carbocycles. The molecule has 0 aliphatic heterocycles. The third kappa shape index (κ3) is 2.44. The number of hydrogen-bond donors (Lipinski definition) is 0. The summed E-state index contributed by atoms with van der Waals surface area (Å²) in [5.41, 5.74) is 15.5. The fourth-order valence-corrected chi connectivity index (χ4v) is 6.96. The van der Waals surface area contributed by atoms with Crippen molar-refractivity contribution in [2.45, 2.75) is 25.8 Å². The zero-order valence-electron chi connectivity index (χ0n) is 20.0. The van der Waals surface area contributed by atoms with Gasteiger partial charge < -0.3 is 9.13 Å². The van der Waals surface area contributed by atoms with Crippen molar-refractivity contribution in [3.8, 4) is 22.5 Å². The van der Waals surface area contributed by atoms with Crippen LogP contribution in [0.15, 0.2) is 91.0 Å². The van der Waals surface area contributed by atoms with Crippen molar-refractivity contribution in [3.05, 3.63) is 119 Å². The smallest absolute Gasteiger partial charge is 0.0531 e. The van der Waals surface area contributed by atoms with E-state index in [-0.39, 0.29) is 0 Å². The van der Waals surface area contributed by atoms with Crippen LogP contribution in [0.2, 0.25) is 0 Å². The first-order valence-electron chi connectivity index (χ1n) is 12.6. The first-order chi connectivity index (χ1) is 17.2. The summed E-state index contributed by atoms with van der Waals surface area (Å²) in [6.45, 7) is 3.15. The van der Waals surface area contributed by atoms with E-state index in [1.807, 2.05) is 0 Å². The van der Waals surface area contributed by atoms with E-state index in [0.717, 1.165) is 13.0 Å². The Labute approximate surface area is 205 Å². The molecule has 2 aliphatic rings. The zero-order chi connectivity index (χ0) is 23.3. The molecule has 0 saturated heterocycles. The summed E-state index contributed by atoms with van der Waals surface area (Å²) in [6, 6.07) is 33.9. The number of para-hydroxylation sites is 1. The summed E-state index contributed by atoms with van der Waals surface area (Å²) in [5.74, 6) is 0.320. The van der Waals surface area contributed by atoms with Crippen LogP contribution in [0.1, 0.15) is 33.7 Å². The number of fused-ring (bicyclic) bond motifs is 10. The molecule has 168 valence electrons. The predicted molar refractivity (Wildman–Crippen MR) is 145 cm³/mol. The molecule has 35 heavy (non-hydrogen) atoms. The van der Waals surface area contributed by atoms with E-state index in [4.69, 9.17) is 0 Å². The minimum atomic E-state index is 0.320. The van der Waals surface area contributed by atoms with Gasteiger partial charge in [0.05, 0.1) is 11.4 Å². The Morgan fingerprint density at radius 3 is 2.43 bits per heavy atom. The van der Waals surface area contributed by atoms with E-state index in [1.165, 1.54) is 72.1 Å². The molecule has 0 radical (unpaired) electrons. The lowest BCUT2D eigenvalue weighted by Crippen LogP contribution is -2.09. The number of aryl methyl sites for hydroxylation is 2. The Hall–Kier alpha value is -4.04. The Balaban J connectivity index is 1.41. The number of hydrogen-bond acceptors (Lipinski definition) is 0. The molecule has 0 amide bonds. The summed E-state index contributed by atoms with van der Waals surface area (Å²) in [4.78, 5) is 0. The molecule has 1 unspecified atom stereocenters. The van der Waals surface area contributed by atoms with Crippen LogP contribution in [-0.2, 0) is 20.0 Å². The molecule has 6 aromatic rings. The first-order valence-corrected chi connectivity index (χ1v) is 12.6. The van der Waals surface area contributed by atoms with E-state index in [9.17, 15) is 0 Å². The molecular weight excluding hydrogens is 424 g/mol. The summed E-state index contributed by atoms with van der Waals surface area (Å²) >= 11 is 0. The Morgan fingerprint density at radius 2 is 1.51 bits per heavy atom. The van der Waals surface area contributed by atoms with E-state index in [2.05, 4.69) is 114 Å². The van der Waals surface area contributed by atoms with Crippen LogP contribution in [0.5, 0.6) is 0 Å². The van der Waals surface area contributed by atoms with Gasteiger partial charge in [0.25, 0.3) is 0 Å². The van der Waals surface area contributed by atoms with Gasteiger partial charge in [0.1, 0.15) is 0 Å². The van der Waals surface area contributed by atoms with Gasteiger partial charge in [0, 0.05) is 58.9 Å². The Kier molecular flexibility index (Phi) is 3.73. The second-order valence-corrected chi connectivity index (χ2v) is 10.3. The van der Waals surface area contributed by atoms with Gasteiger partial charge in [-0.25, -0.2) is 0 Å². The monoisotopic (exact) mass is 450 g/mol. The average Bonchev–Trinajstić information content (AvgIpc) is 3.58. The maximum atomic E-state index is 2.63. The largest absolute Gasteiger partial charge is 0.343 e. The maximum absolute atomic E-state index is 2.63. The van der Waals surface area contributed by atoms with Gasteiger partial charge in [-0.15, -0.1) is 0 Å². The first kappa shape index (κ1) is 19.3. The normalized spacial score (nSPS) is 15.4.